The molecule has 0 spiro atoms. The number of hydrogen-bond acceptors (Lipinski definition) is 9. The molecule has 54 heavy (non-hydrogen) atoms. The van der Waals surface area contributed by atoms with Crippen LogP contribution in [0.25, 0.3) is 22.2 Å². The summed E-state index contributed by atoms with van der Waals surface area (Å²) in [4.78, 5) is 31.9. The third-order valence-electron chi connectivity index (χ3n) is 9.98. The molecule has 2 aromatic heterocycles. The van der Waals surface area contributed by atoms with Crippen LogP contribution in [-0.2, 0) is 22.5 Å². The summed E-state index contributed by atoms with van der Waals surface area (Å²) in [5.41, 5.74) is 9.13. The zero-order chi connectivity index (χ0) is 38.3. The first-order chi connectivity index (χ1) is 25.8. The number of nitriles is 1. The predicted octanol–water partition coefficient (Wildman–Crippen LogP) is 9.23. The van der Waals surface area contributed by atoms with Crippen LogP contribution >= 0.6 is 0 Å². The number of aromatic nitrogens is 3. The highest BCUT2D eigenvalue weighted by molar-refractivity contribution is 6.09. The Morgan fingerprint density at radius 3 is 2.43 bits per heavy atom. The van der Waals surface area contributed by atoms with E-state index >= 15 is 0 Å². The number of likely N-dealkylation sites (tertiary alicyclic amines) is 1. The van der Waals surface area contributed by atoms with Crippen LogP contribution in [0.5, 0.6) is 0 Å². The summed E-state index contributed by atoms with van der Waals surface area (Å²) in [5.74, 6) is -1.59. The Labute approximate surface area is 312 Å². The van der Waals surface area contributed by atoms with Crippen molar-refractivity contribution < 1.29 is 22.7 Å². The number of anilines is 2. The Balaban J connectivity index is 1.13. The lowest BCUT2D eigenvalue weighted by Gasteiger charge is -2.32. The lowest BCUT2D eigenvalue weighted by Crippen LogP contribution is -2.38. The number of alkyl halides is 2. The minimum Gasteiger partial charge on any atom is -0.460 e. The van der Waals surface area contributed by atoms with Gasteiger partial charge in [0.05, 0.1) is 40.7 Å². The highest BCUT2D eigenvalue weighted by Crippen LogP contribution is 2.38. The number of nitrogens with one attached hydrogen (secondary N) is 1. The van der Waals surface area contributed by atoms with E-state index in [1.165, 1.54) is 0 Å². The van der Waals surface area contributed by atoms with Crippen LogP contribution in [0.1, 0.15) is 79.2 Å². The molecule has 1 saturated heterocycles. The van der Waals surface area contributed by atoms with Gasteiger partial charge in [0.15, 0.2) is 11.6 Å². The van der Waals surface area contributed by atoms with Gasteiger partial charge < -0.3 is 10.1 Å². The van der Waals surface area contributed by atoms with Gasteiger partial charge in [0.2, 0.25) is 0 Å². The highest BCUT2D eigenvalue weighted by atomic mass is 19.3. The number of aliphatic imine (C=N–C) groups is 1. The van der Waals surface area contributed by atoms with Crippen molar-refractivity contribution in [2.45, 2.75) is 72.5 Å². The number of nitrogens with zero attached hydrogens (tertiary/aromatic N) is 6. The molecule has 1 N–H and O–H groups in total. The predicted molar refractivity (Wildman–Crippen MR) is 202 cm³/mol. The van der Waals surface area contributed by atoms with Crippen molar-refractivity contribution in [3.63, 3.8) is 0 Å². The van der Waals surface area contributed by atoms with Gasteiger partial charge in [-0.2, -0.15) is 5.26 Å². The molecule has 0 atom stereocenters. The number of piperidine rings is 1. The van der Waals surface area contributed by atoms with Gasteiger partial charge in [-0.1, -0.05) is 30.3 Å². The molecule has 0 saturated carbocycles. The monoisotopic (exact) mass is 731 g/mol. The minimum absolute atomic E-state index is 0.0231. The van der Waals surface area contributed by atoms with Gasteiger partial charge in [0, 0.05) is 30.3 Å². The van der Waals surface area contributed by atoms with Crippen LogP contribution in [0.3, 0.4) is 0 Å². The Hall–Kier alpha value is -5.67. The zero-order valence-corrected chi connectivity index (χ0v) is 30.8. The quantitative estimate of drug-likeness (QED) is 0.157. The summed E-state index contributed by atoms with van der Waals surface area (Å²) in [6, 6.07) is 19.2. The van der Waals surface area contributed by atoms with Gasteiger partial charge in [0.1, 0.15) is 16.9 Å². The number of ether oxygens (including phenoxy) is 1. The molecule has 2 aliphatic rings. The van der Waals surface area contributed by atoms with Crippen LogP contribution in [0.2, 0.25) is 0 Å². The molecule has 0 unspecified atom stereocenters. The van der Waals surface area contributed by atoms with Crippen LogP contribution < -0.4 is 5.32 Å². The average molecular weight is 732 g/mol. The number of pyridine rings is 1. The highest BCUT2D eigenvalue weighted by Gasteiger charge is 2.30. The number of halogens is 3. The number of esters is 1. The summed E-state index contributed by atoms with van der Waals surface area (Å²) < 4.78 is 46.9. The first-order valence-corrected chi connectivity index (χ1v) is 17.9. The fourth-order valence-corrected chi connectivity index (χ4v) is 7.30. The molecule has 5 aromatic rings. The largest absolute Gasteiger partial charge is 0.460 e. The molecule has 2 aliphatic heterocycles. The maximum Gasteiger partial charge on any atom is 0.309 e. The SMILES string of the molecule is Cc1c(Nc2nc(C(F)F)nc3cc(F)cnc23)cccc1-c1cccc(C2=Nc3cc(CN4CCC(C(=O)OC(C)(C)C)CC4)cc(C#N)c3C2)c1C. The molecule has 4 heterocycles. The third-order valence-corrected chi connectivity index (χ3v) is 9.98. The second kappa shape index (κ2) is 14.6. The average Bonchev–Trinajstić information content (AvgIpc) is 3.55. The third kappa shape index (κ3) is 7.54. The van der Waals surface area contributed by atoms with Gasteiger partial charge in [-0.3, -0.25) is 14.7 Å². The van der Waals surface area contributed by atoms with Crippen molar-refractivity contribution in [1.82, 2.24) is 19.9 Å². The Bertz CT molecular complexity index is 2360. The van der Waals surface area contributed by atoms with E-state index in [4.69, 9.17) is 9.73 Å². The van der Waals surface area contributed by atoms with Crippen LogP contribution in [0, 0.1) is 36.9 Å². The van der Waals surface area contributed by atoms with E-state index in [-0.39, 0.29) is 28.7 Å². The van der Waals surface area contributed by atoms with E-state index < -0.39 is 23.7 Å². The van der Waals surface area contributed by atoms with Crippen molar-refractivity contribution in [2.24, 2.45) is 10.9 Å². The standard InChI is InChI=1S/C42H40F3N7O2/c1-23-29(30-9-7-11-33(24(30)2)49-39-37-36(18-28(43)21-47-37)50-40(51-39)38(44)45)8-6-10-31(23)35-19-32-27(20-46)16-25(17-34(32)48-35)22-52-14-12-26(13-15-52)41(53)54-42(3,4)5/h6-11,16-18,21,26,38H,12-15,19,22H2,1-5H3,(H,49,50,51). The van der Waals surface area contributed by atoms with Gasteiger partial charge in [-0.15, -0.1) is 0 Å². The molecular weight excluding hydrogens is 692 g/mol. The molecule has 276 valence electrons. The molecule has 3 aromatic carbocycles. The van der Waals surface area contributed by atoms with E-state index in [0.29, 0.717) is 24.2 Å². The zero-order valence-electron chi connectivity index (χ0n) is 30.8. The van der Waals surface area contributed by atoms with E-state index in [2.05, 4.69) is 37.3 Å². The van der Waals surface area contributed by atoms with Crippen molar-refractivity contribution in [1.29, 1.82) is 5.26 Å². The molecular formula is C42H40F3N7O2. The van der Waals surface area contributed by atoms with Crippen molar-refractivity contribution in [3.8, 4) is 17.2 Å². The lowest BCUT2D eigenvalue weighted by atomic mass is 9.90. The van der Waals surface area contributed by atoms with Crippen LogP contribution in [0.15, 0.2) is 65.8 Å². The summed E-state index contributed by atoms with van der Waals surface area (Å²) in [5, 5.41) is 13.3. The number of hydrogen-bond donors (Lipinski definition) is 1. The summed E-state index contributed by atoms with van der Waals surface area (Å²) in [6.07, 6.45) is 0.0334. The molecule has 0 aliphatic carbocycles. The Morgan fingerprint density at radius 1 is 1.02 bits per heavy atom. The van der Waals surface area contributed by atoms with E-state index in [1.807, 2.05) is 77.1 Å². The van der Waals surface area contributed by atoms with E-state index in [1.54, 1.807) is 0 Å². The fraction of sp³-hybridized carbons (Fsp3) is 0.333. The summed E-state index contributed by atoms with van der Waals surface area (Å²) >= 11 is 0. The topological polar surface area (TPSA) is 116 Å². The number of fused-ring (bicyclic) bond motifs is 2. The first kappa shape index (κ1) is 36.7. The second-order valence-corrected chi connectivity index (χ2v) is 14.9. The smallest absolute Gasteiger partial charge is 0.309 e. The molecule has 9 nitrogen and oxygen atoms in total. The van der Waals surface area contributed by atoms with Gasteiger partial charge >= 0.3 is 5.97 Å². The van der Waals surface area contributed by atoms with Crippen molar-refractivity contribution in [2.75, 3.05) is 18.4 Å². The molecule has 7 rings (SSSR count). The number of carbonyl (C=O) groups is 1. The second-order valence-electron chi connectivity index (χ2n) is 14.9. The van der Waals surface area contributed by atoms with Gasteiger partial charge in [-0.05, 0) is 112 Å². The van der Waals surface area contributed by atoms with Crippen LogP contribution in [0.4, 0.5) is 30.4 Å². The Kier molecular flexibility index (Phi) is 9.94. The van der Waals surface area contributed by atoms with Gasteiger partial charge in [0.25, 0.3) is 6.43 Å². The lowest BCUT2D eigenvalue weighted by molar-refractivity contribution is -0.161. The van der Waals surface area contributed by atoms with Crippen molar-refractivity contribution in [3.05, 3.63) is 106 Å². The molecule has 0 amide bonds. The number of benzene rings is 3. The maximum atomic E-state index is 13.9. The van der Waals surface area contributed by atoms with Crippen LogP contribution in [-0.4, -0.2) is 50.2 Å². The van der Waals surface area contributed by atoms with E-state index in [0.717, 1.165) is 88.5 Å². The Morgan fingerprint density at radius 2 is 1.72 bits per heavy atom. The fourth-order valence-electron chi connectivity index (χ4n) is 7.30. The minimum atomic E-state index is -2.95. The number of rotatable bonds is 8. The molecule has 12 heteroatoms. The number of carbonyl (C=O) groups excluding carboxylic acids is 1. The van der Waals surface area contributed by atoms with Crippen molar-refractivity contribution >= 4 is 39.9 Å². The van der Waals surface area contributed by atoms with Gasteiger partial charge in [-0.25, -0.2) is 28.1 Å². The normalized spacial score (nSPS) is 14.9. The molecule has 0 bridgehead atoms. The molecule has 0 radical (unpaired) electrons. The summed E-state index contributed by atoms with van der Waals surface area (Å²) in [7, 11) is 0. The first-order valence-electron chi connectivity index (χ1n) is 17.9. The van der Waals surface area contributed by atoms with E-state index in [9.17, 15) is 23.2 Å². The molecule has 1 fully saturated rings. The summed E-state index contributed by atoms with van der Waals surface area (Å²) in [6.45, 7) is 11.8. The maximum absolute atomic E-state index is 13.9.